The summed E-state index contributed by atoms with van der Waals surface area (Å²) in [7, 11) is 0. The zero-order valence-corrected chi connectivity index (χ0v) is 8.67. The van der Waals surface area contributed by atoms with Crippen molar-refractivity contribution in [2.45, 2.75) is 6.54 Å². The second-order valence-electron chi connectivity index (χ2n) is 3.03. The van der Waals surface area contributed by atoms with Crippen molar-refractivity contribution < 1.29 is 9.90 Å². The van der Waals surface area contributed by atoms with Crippen LogP contribution in [0.15, 0.2) is 24.3 Å². The van der Waals surface area contributed by atoms with Gasteiger partial charge in [0.15, 0.2) is 0 Å². The van der Waals surface area contributed by atoms with Gasteiger partial charge in [-0.3, -0.25) is 0 Å². The summed E-state index contributed by atoms with van der Waals surface area (Å²) < 4.78 is 0. The van der Waals surface area contributed by atoms with E-state index in [1.807, 2.05) is 24.3 Å². The number of carboxylic acids is 1. The Morgan fingerprint density at radius 2 is 2.07 bits per heavy atom. The van der Waals surface area contributed by atoms with Gasteiger partial charge in [0.2, 0.25) is 0 Å². The number of aromatic carboxylic acids is 1. The van der Waals surface area contributed by atoms with Crippen molar-refractivity contribution >= 4 is 29.3 Å². The van der Waals surface area contributed by atoms with Gasteiger partial charge in [0.25, 0.3) is 0 Å². The minimum absolute atomic E-state index is 0. The van der Waals surface area contributed by atoms with Crippen LogP contribution >= 0.6 is 12.4 Å². The molecule has 4 nitrogen and oxygen atoms in total. The molecule has 5 heteroatoms. The highest BCUT2D eigenvalue weighted by molar-refractivity contribution is 5.97. The first kappa shape index (κ1) is 11.6. The lowest BCUT2D eigenvalue weighted by Gasteiger charge is -1.95. The minimum Gasteiger partial charge on any atom is -0.477 e. The molecular formula is C10H11ClN2O2. The maximum Gasteiger partial charge on any atom is 0.352 e. The van der Waals surface area contributed by atoms with Crippen LogP contribution in [0.1, 0.15) is 16.1 Å². The number of carboxylic acid groups (broad SMARTS) is 1. The van der Waals surface area contributed by atoms with Crippen molar-refractivity contribution in [2.75, 3.05) is 0 Å². The highest BCUT2D eigenvalue weighted by Crippen LogP contribution is 2.21. The molecule has 4 N–H and O–H groups in total. The Bertz CT molecular complexity index is 493. The number of hydrogen-bond donors (Lipinski definition) is 3. The van der Waals surface area contributed by atoms with Gasteiger partial charge in [-0.2, -0.15) is 0 Å². The molecule has 0 amide bonds. The molecule has 1 aromatic heterocycles. The molecule has 0 saturated carbocycles. The second-order valence-corrected chi connectivity index (χ2v) is 3.03. The van der Waals surface area contributed by atoms with Crippen molar-refractivity contribution in [1.29, 1.82) is 0 Å². The fraction of sp³-hybridized carbons (Fsp3) is 0.100. The quantitative estimate of drug-likeness (QED) is 0.730. The second kappa shape index (κ2) is 4.33. The highest BCUT2D eigenvalue weighted by Gasteiger charge is 2.14. The van der Waals surface area contributed by atoms with Gasteiger partial charge in [-0.25, -0.2) is 4.79 Å². The van der Waals surface area contributed by atoms with Crippen LogP contribution in [-0.4, -0.2) is 16.1 Å². The zero-order chi connectivity index (χ0) is 10.1. The van der Waals surface area contributed by atoms with Crippen LogP contribution < -0.4 is 5.73 Å². The summed E-state index contributed by atoms with van der Waals surface area (Å²) in [5.41, 5.74) is 7.18. The van der Waals surface area contributed by atoms with Crippen molar-refractivity contribution in [1.82, 2.24) is 4.98 Å². The lowest BCUT2D eigenvalue weighted by atomic mass is 10.1. The van der Waals surface area contributed by atoms with E-state index in [9.17, 15) is 4.79 Å². The van der Waals surface area contributed by atoms with Crippen LogP contribution in [0.5, 0.6) is 0 Å². The van der Waals surface area contributed by atoms with Crippen LogP contribution in [-0.2, 0) is 6.54 Å². The standard InChI is InChI=1S/C10H10N2O2.ClH/c11-5-7-6-3-1-2-4-8(6)12-9(7)10(13)14;/h1-4,12H,5,11H2,(H,13,14);1H. The fourth-order valence-corrected chi connectivity index (χ4v) is 1.59. The monoisotopic (exact) mass is 226 g/mol. The van der Waals surface area contributed by atoms with Crippen LogP contribution in [0.2, 0.25) is 0 Å². The summed E-state index contributed by atoms with van der Waals surface area (Å²) in [6.45, 7) is 0.228. The van der Waals surface area contributed by atoms with Crippen LogP contribution in [0.25, 0.3) is 10.9 Å². The number of para-hydroxylation sites is 1. The summed E-state index contributed by atoms with van der Waals surface area (Å²) in [6.07, 6.45) is 0. The van der Waals surface area contributed by atoms with Gasteiger partial charge in [-0.15, -0.1) is 12.4 Å². The van der Waals surface area contributed by atoms with E-state index in [1.165, 1.54) is 0 Å². The number of halogens is 1. The van der Waals surface area contributed by atoms with Crippen LogP contribution in [0, 0.1) is 0 Å². The Balaban J connectivity index is 0.00000112. The first-order valence-electron chi connectivity index (χ1n) is 4.27. The molecule has 0 unspecified atom stereocenters. The van der Waals surface area contributed by atoms with E-state index in [4.69, 9.17) is 10.8 Å². The largest absolute Gasteiger partial charge is 0.477 e. The molecule has 2 aromatic rings. The van der Waals surface area contributed by atoms with Gasteiger partial charge in [0.1, 0.15) is 5.69 Å². The van der Waals surface area contributed by atoms with E-state index in [-0.39, 0.29) is 24.6 Å². The number of fused-ring (bicyclic) bond motifs is 1. The summed E-state index contributed by atoms with van der Waals surface area (Å²) in [5.74, 6) is -0.971. The molecule has 2 rings (SSSR count). The minimum atomic E-state index is -0.971. The third-order valence-electron chi connectivity index (χ3n) is 2.23. The number of aromatic amines is 1. The Hall–Kier alpha value is -1.52. The average molecular weight is 227 g/mol. The first-order chi connectivity index (χ1) is 6.74. The van der Waals surface area contributed by atoms with Gasteiger partial charge >= 0.3 is 5.97 Å². The molecule has 1 heterocycles. The molecular weight excluding hydrogens is 216 g/mol. The molecule has 0 atom stereocenters. The summed E-state index contributed by atoms with van der Waals surface area (Å²) in [5, 5.41) is 9.79. The molecule has 0 saturated heterocycles. The molecule has 0 aliphatic heterocycles. The normalized spacial score (nSPS) is 9.93. The number of carbonyl (C=O) groups is 1. The van der Waals surface area contributed by atoms with Gasteiger partial charge in [0, 0.05) is 23.0 Å². The molecule has 80 valence electrons. The Labute approximate surface area is 92.5 Å². The molecule has 0 aliphatic carbocycles. The van der Waals surface area contributed by atoms with E-state index in [2.05, 4.69) is 4.98 Å². The van der Waals surface area contributed by atoms with Crippen molar-refractivity contribution in [2.24, 2.45) is 5.73 Å². The van der Waals surface area contributed by atoms with E-state index >= 15 is 0 Å². The van der Waals surface area contributed by atoms with Gasteiger partial charge in [0.05, 0.1) is 0 Å². The lowest BCUT2D eigenvalue weighted by molar-refractivity contribution is 0.0690. The van der Waals surface area contributed by atoms with Crippen molar-refractivity contribution in [3.63, 3.8) is 0 Å². The number of rotatable bonds is 2. The summed E-state index contributed by atoms with van der Waals surface area (Å²) in [6, 6.07) is 7.41. The van der Waals surface area contributed by atoms with Gasteiger partial charge < -0.3 is 15.8 Å². The molecule has 0 radical (unpaired) electrons. The number of nitrogens with one attached hydrogen (secondary N) is 1. The van der Waals surface area contributed by atoms with E-state index in [0.717, 1.165) is 10.9 Å². The predicted molar refractivity (Wildman–Crippen MR) is 60.4 cm³/mol. The third-order valence-corrected chi connectivity index (χ3v) is 2.23. The van der Waals surface area contributed by atoms with Crippen LogP contribution in [0.3, 0.4) is 0 Å². The highest BCUT2D eigenvalue weighted by atomic mass is 35.5. The third kappa shape index (κ3) is 1.82. The number of benzene rings is 1. The van der Waals surface area contributed by atoms with Gasteiger partial charge in [-0.1, -0.05) is 18.2 Å². The van der Waals surface area contributed by atoms with Crippen LogP contribution in [0.4, 0.5) is 0 Å². The fourth-order valence-electron chi connectivity index (χ4n) is 1.59. The Morgan fingerprint density at radius 3 is 2.67 bits per heavy atom. The number of hydrogen-bond acceptors (Lipinski definition) is 2. The summed E-state index contributed by atoms with van der Waals surface area (Å²) in [4.78, 5) is 13.7. The maximum absolute atomic E-state index is 10.9. The number of aromatic nitrogens is 1. The van der Waals surface area contributed by atoms with Crippen molar-refractivity contribution in [3.8, 4) is 0 Å². The first-order valence-corrected chi connectivity index (χ1v) is 4.27. The number of H-pyrrole nitrogens is 1. The van der Waals surface area contributed by atoms with E-state index in [1.54, 1.807) is 0 Å². The molecule has 0 bridgehead atoms. The smallest absolute Gasteiger partial charge is 0.352 e. The average Bonchev–Trinajstić information content (AvgIpc) is 2.56. The van der Waals surface area contributed by atoms with E-state index in [0.29, 0.717) is 5.56 Å². The summed E-state index contributed by atoms with van der Waals surface area (Å²) >= 11 is 0. The van der Waals surface area contributed by atoms with E-state index < -0.39 is 5.97 Å². The molecule has 0 spiro atoms. The zero-order valence-electron chi connectivity index (χ0n) is 7.86. The van der Waals surface area contributed by atoms with Gasteiger partial charge in [-0.05, 0) is 6.07 Å². The molecule has 15 heavy (non-hydrogen) atoms. The Kier molecular flexibility index (Phi) is 3.34. The topological polar surface area (TPSA) is 79.1 Å². The molecule has 0 aliphatic rings. The lowest BCUT2D eigenvalue weighted by Crippen LogP contribution is -2.05. The number of nitrogens with two attached hydrogens (primary N) is 1. The SMILES string of the molecule is Cl.NCc1c(C(=O)O)[nH]c2ccccc12. The van der Waals surface area contributed by atoms with Crippen molar-refractivity contribution in [3.05, 3.63) is 35.5 Å². The molecule has 1 aromatic carbocycles. The molecule has 0 fully saturated rings. The Morgan fingerprint density at radius 1 is 1.40 bits per heavy atom. The predicted octanol–water partition coefficient (Wildman–Crippen LogP) is 1.75. The maximum atomic E-state index is 10.9.